The number of pyridine rings is 1. The van der Waals surface area contributed by atoms with E-state index in [-0.39, 0.29) is 5.78 Å². The molecule has 3 heteroatoms. The predicted octanol–water partition coefficient (Wildman–Crippen LogP) is 5.81. The van der Waals surface area contributed by atoms with Gasteiger partial charge in [0.1, 0.15) is 0 Å². The Labute approximate surface area is 227 Å². The monoisotopic (exact) mass is 497 g/mol. The molecule has 0 radical (unpaired) electrons. The van der Waals surface area contributed by atoms with Crippen molar-refractivity contribution < 1.29 is 9.36 Å². The molecule has 5 aromatic rings. The van der Waals surface area contributed by atoms with Gasteiger partial charge in [-0.25, -0.2) is 0 Å². The van der Waals surface area contributed by atoms with Crippen molar-refractivity contribution >= 4 is 28.3 Å². The maximum Gasteiger partial charge on any atom is 0.227 e. The number of rotatable bonds is 9. The van der Waals surface area contributed by atoms with E-state index >= 15 is 0 Å². The lowest BCUT2D eigenvalue weighted by molar-refractivity contribution is -0.683. The summed E-state index contributed by atoms with van der Waals surface area (Å²) in [5.41, 5.74) is 5.09. The molecule has 2 nitrogen and oxygen atoms in total. The summed E-state index contributed by atoms with van der Waals surface area (Å²) < 4.78 is 1.87. The lowest BCUT2D eigenvalue weighted by Crippen LogP contribution is -2.66. The van der Waals surface area contributed by atoms with E-state index in [4.69, 9.17) is 0 Å². The number of hydrogen-bond acceptors (Lipinski definition) is 1. The fourth-order valence-electron chi connectivity index (χ4n) is 5.35. The minimum absolute atomic E-state index is 0.131. The van der Waals surface area contributed by atoms with Crippen LogP contribution in [0.5, 0.6) is 0 Å². The maximum atomic E-state index is 11.8. The lowest BCUT2D eigenvalue weighted by atomic mass is 9.14. The molecule has 1 heterocycles. The van der Waals surface area contributed by atoms with Gasteiger partial charge in [-0.05, 0) is 0 Å². The van der Waals surface area contributed by atoms with Gasteiger partial charge in [-0.1, -0.05) is 147 Å². The summed E-state index contributed by atoms with van der Waals surface area (Å²) in [6.45, 7) is 2.67. The highest BCUT2D eigenvalue weighted by molar-refractivity contribution is 7.11. The second-order valence-electron chi connectivity index (χ2n) is 9.76. The van der Waals surface area contributed by atoms with Crippen molar-refractivity contribution in [3.8, 4) is 0 Å². The highest BCUT2D eigenvalue weighted by Gasteiger charge is 2.28. The van der Waals surface area contributed by atoms with Crippen LogP contribution in [0, 0.1) is 0 Å². The molecule has 190 valence electrons. The maximum absolute atomic E-state index is 11.8. The van der Waals surface area contributed by atoms with E-state index in [2.05, 4.69) is 97.9 Å². The number of unbranched alkanes of at least 4 members (excludes halogenated alkanes) is 1. The number of ketones is 1. The molecule has 0 spiro atoms. The van der Waals surface area contributed by atoms with E-state index in [1.54, 1.807) is 0 Å². The zero-order chi connectivity index (χ0) is 26.5. The molecule has 0 N–H and O–H groups in total. The third kappa shape index (κ3) is 6.74. The average Bonchev–Trinajstić information content (AvgIpc) is 3.00. The summed E-state index contributed by atoms with van der Waals surface area (Å²) in [7, 11) is 0. The topological polar surface area (TPSA) is 20.9 Å². The molecule has 0 aliphatic carbocycles. The summed E-state index contributed by atoms with van der Waals surface area (Å²) in [5, 5.41) is 0. The van der Waals surface area contributed by atoms with Crippen molar-refractivity contribution in [3.05, 3.63) is 157 Å². The summed E-state index contributed by atoms with van der Waals surface area (Å²) >= 11 is 0. The molecule has 0 bridgehead atoms. The Hall–Kier alpha value is -4.24. The van der Waals surface area contributed by atoms with Gasteiger partial charge in [-0.2, -0.15) is 27.3 Å². The zero-order valence-corrected chi connectivity index (χ0v) is 22.2. The fraction of sp³-hybridized carbons (Fsp3) is 0.143. The minimum atomic E-state index is -0.913. The highest BCUT2D eigenvalue weighted by atomic mass is 16.1. The molecule has 0 fully saturated rings. The van der Waals surface area contributed by atoms with Gasteiger partial charge >= 0.3 is 0 Å². The van der Waals surface area contributed by atoms with Gasteiger partial charge in [-0.3, -0.25) is 4.79 Å². The molecule has 0 aliphatic heterocycles. The van der Waals surface area contributed by atoms with Crippen LogP contribution in [0.15, 0.2) is 152 Å². The molecule has 0 saturated carbocycles. The SMILES string of the molecule is CCCC[B-](c1ccccc1)(c1ccccc1)c1ccccc1.O=C(C[n+]1ccccc1)c1ccccc1. The summed E-state index contributed by atoms with van der Waals surface area (Å²) in [6, 6.07) is 48.3. The molecule has 0 saturated heterocycles. The third-order valence-electron chi connectivity index (χ3n) is 7.30. The van der Waals surface area contributed by atoms with E-state index < -0.39 is 6.15 Å². The second kappa shape index (κ2) is 13.9. The smallest absolute Gasteiger partial charge is 0.227 e. The van der Waals surface area contributed by atoms with Crippen LogP contribution in [-0.4, -0.2) is 11.9 Å². The van der Waals surface area contributed by atoms with Crippen molar-refractivity contribution in [2.45, 2.75) is 32.6 Å². The fourth-order valence-corrected chi connectivity index (χ4v) is 5.35. The number of carbonyl (C=O) groups is 1. The van der Waals surface area contributed by atoms with Crippen LogP contribution >= 0.6 is 0 Å². The standard InChI is InChI=1S/C22H24B.C13H12NO/c1-2-3-19-23(20-13-7-4-8-14-20,21-15-9-5-10-16-21)22-17-11-6-12-18-22;15-13(12-7-3-1-4-8-12)11-14-9-5-2-6-10-14/h4-18H,2-3,19H2,1H3;1-10H,11H2/q-1;+1. The number of aromatic nitrogens is 1. The Balaban J connectivity index is 0.000000194. The largest absolute Gasteiger partial charge is 0.287 e. The first-order valence-corrected chi connectivity index (χ1v) is 13.6. The Morgan fingerprint density at radius 3 is 1.39 bits per heavy atom. The van der Waals surface area contributed by atoms with E-state index in [0.717, 1.165) is 5.56 Å². The van der Waals surface area contributed by atoms with Crippen LogP contribution in [0.2, 0.25) is 6.32 Å². The quantitative estimate of drug-likeness (QED) is 0.143. The van der Waals surface area contributed by atoms with Crippen molar-refractivity contribution in [3.63, 3.8) is 0 Å². The first-order valence-electron chi connectivity index (χ1n) is 13.6. The van der Waals surface area contributed by atoms with Crippen LogP contribution in [0.4, 0.5) is 0 Å². The van der Waals surface area contributed by atoms with Gasteiger partial charge in [0.25, 0.3) is 0 Å². The van der Waals surface area contributed by atoms with Crippen LogP contribution < -0.4 is 21.0 Å². The van der Waals surface area contributed by atoms with Gasteiger partial charge < -0.3 is 0 Å². The van der Waals surface area contributed by atoms with Crippen molar-refractivity contribution in [1.82, 2.24) is 0 Å². The minimum Gasteiger partial charge on any atom is -0.287 e. The molecular formula is C35H36BNO. The Kier molecular flexibility index (Phi) is 9.81. The van der Waals surface area contributed by atoms with Crippen molar-refractivity contribution in [1.29, 1.82) is 0 Å². The van der Waals surface area contributed by atoms with Crippen molar-refractivity contribution in [2.75, 3.05) is 0 Å². The van der Waals surface area contributed by atoms with Gasteiger partial charge in [0.2, 0.25) is 12.3 Å². The van der Waals surface area contributed by atoms with Crippen molar-refractivity contribution in [2.24, 2.45) is 0 Å². The Morgan fingerprint density at radius 1 is 0.579 bits per heavy atom. The van der Waals surface area contributed by atoms with Crippen LogP contribution in [0.3, 0.4) is 0 Å². The van der Waals surface area contributed by atoms with Gasteiger partial charge in [0.05, 0.1) is 6.15 Å². The van der Waals surface area contributed by atoms with Crippen LogP contribution in [0.25, 0.3) is 0 Å². The zero-order valence-electron chi connectivity index (χ0n) is 22.2. The average molecular weight is 497 g/mol. The van der Waals surface area contributed by atoms with E-state index in [1.807, 2.05) is 65.5 Å². The van der Waals surface area contributed by atoms with Gasteiger partial charge in [0.15, 0.2) is 12.4 Å². The molecule has 0 aliphatic rings. The number of carbonyl (C=O) groups excluding carboxylic acids is 1. The van der Waals surface area contributed by atoms with Gasteiger partial charge in [-0.15, -0.1) is 0 Å². The molecule has 4 aromatic carbocycles. The van der Waals surface area contributed by atoms with E-state index in [9.17, 15) is 4.79 Å². The number of Topliss-reactive ketones (excluding diaryl/α,β-unsaturated/α-hetero) is 1. The van der Waals surface area contributed by atoms with E-state index in [1.165, 1.54) is 35.6 Å². The van der Waals surface area contributed by atoms with Crippen LogP contribution in [0.1, 0.15) is 30.1 Å². The normalized spacial score (nSPS) is 10.8. The van der Waals surface area contributed by atoms with E-state index in [0.29, 0.717) is 6.54 Å². The van der Waals surface area contributed by atoms with Crippen LogP contribution in [-0.2, 0) is 6.54 Å². The first-order chi connectivity index (χ1) is 18.7. The number of nitrogens with zero attached hydrogens (tertiary/aromatic N) is 1. The highest BCUT2D eigenvalue weighted by Crippen LogP contribution is 2.16. The number of benzene rings is 4. The molecule has 0 atom stereocenters. The summed E-state index contributed by atoms with van der Waals surface area (Å²) in [6.07, 6.45) is 6.51. The Morgan fingerprint density at radius 2 is 0.974 bits per heavy atom. The molecule has 0 unspecified atom stereocenters. The summed E-state index contributed by atoms with van der Waals surface area (Å²) in [4.78, 5) is 11.8. The predicted molar refractivity (Wildman–Crippen MR) is 161 cm³/mol. The molecule has 38 heavy (non-hydrogen) atoms. The van der Waals surface area contributed by atoms with Gasteiger partial charge in [0, 0.05) is 17.7 Å². The number of hydrogen-bond donors (Lipinski definition) is 0. The molecule has 5 rings (SSSR count). The Bertz CT molecular complexity index is 1260. The summed E-state index contributed by atoms with van der Waals surface area (Å²) in [5.74, 6) is 0.131. The third-order valence-corrected chi connectivity index (χ3v) is 7.30. The lowest BCUT2D eigenvalue weighted by Gasteiger charge is -2.43. The molecular weight excluding hydrogens is 461 g/mol. The first kappa shape index (κ1) is 26.8. The molecule has 1 aromatic heterocycles. The second-order valence-corrected chi connectivity index (χ2v) is 9.76. The molecule has 0 amide bonds.